The smallest absolute Gasteiger partial charge is 0.185 e. The van der Waals surface area contributed by atoms with E-state index >= 15 is 0 Å². The fraction of sp³-hybridized carbons (Fsp3) is 0.750. The van der Waals surface area contributed by atoms with Gasteiger partial charge in [0.25, 0.3) is 0 Å². The van der Waals surface area contributed by atoms with E-state index in [1.807, 2.05) is 6.92 Å². The Hall–Kier alpha value is -0.650. The van der Waals surface area contributed by atoms with Gasteiger partial charge in [-0.15, -0.1) is 11.3 Å². The average molecular weight is 255 g/mol. The van der Waals surface area contributed by atoms with Gasteiger partial charge in [0.1, 0.15) is 0 Å². The molecule has 0 saturated heterocycles. The highest BCUT2D eigenvalue weighted by Crippen LogP contribution is 2.29. The van der Waals surface area contributed by atoms with Crippen LogP contribution in [0.5, 0.6) is 0 Å². The van der Waals surface area contributed by atoms with E-state index in [2.05, 4.69) is 16.9 Å². The molecule has 0 unspecified atom stereocenters. The minimum Gasteiger partial charge on any atom is -0.379 e. The molecule has 1 fully saturated rings. The number of rotatable bonds is 7. The fourth-order valence-corrected chi connectivity index (χ4v) is 2.52. The number of likely N-dealkylation sites (N-methyl/N-ethyl adjacent to an activating group) is 1. The molecule has 0 radical (unpaired) electrons. The number of hydrogen-bond donors (Lipinski definition) is 1. The Bertz CT molecular complexity index is 363. The fourth-order valence-electron chi connectivity index (χ4n) is 1.60. The molecule has 2 rings (SSSR count). The average Bonchev–Trinajstić information content (AvgIpc) is 3.06. The summed E-state index contributed by atoms with van der Waals surface area (Å²) in [5.74, 6) is 0.839. The van der Waals surface area contributed by atoms with Crippen molar-refractivity contribution in [2.75, 3.05) is 31.7 Å². The predicted molar refractivity (Wildman–Crippen MR) is 71.6 cm³/mol. The lowest BCUT2D eigenvalue weighted by Crippen LogP contribution is -2.22. The highest BCUT2D eigenvalue weighted by Gasteiger charge is 2.21. The van der Waals surface area contributed by atoms with Gasteiger partial charge in [0, 0.05) is 31.6 Å². The van der Waals surface area contributed by atoms with Crippen molar-refractivity contribution in [1.29, 1.82) is 0 Å². The first kappa shape index (κ1) is 12.8. The van der Waals surface area contributed by atoms with Crippen LogP contribution in [-0.4, -0.2) is 31.8 Å². The number of thiazole rings is 1. The van der Waals surface area contributed by atoms with Crippen LogP contribution in [-0.2, 0) is 11.3 Å². The SMILES string of the molecule is Cc1nc(N(C)CCOCC2CC2)sc1CN. The quantitative estimate of drug-likeness (QED) is 0.755. The summed E-state index contributed by atoms with van der Waals surface area (Å²) in [6.07, 6.45) is 2.70. The number of aromatic nitrogens is 1. The Labute approximate surface area is 107 Å². The van der Waals surface area contributed by atoms with Crippen molar-refractivity contribution < 1.29 is 4.74 Å². The molecular formula is C12H21N3OS. The molecule has 1 heterocycles. The molecular weight excluding hydrogens is 234 g/mol. The number of hydrogen-bond acceptors (Lipinski definition) is 5. The number of aryl methyl sites for hydroxylation is 1. The first-order valence-electron chi connectivity index (χ1n) is 6.16. The molecule has 0 atom stereocenters. The van der Waals surface area contributed by atoms with E-state index in [0.717, 1.165) is 36.5 Å². The lowest BCUT2D eigenvalue weighted by atomic mass is 10.4. The van der Waals surface area contributed by atoms with Crippen molar-refractivity contribution in [1.82, 2.24) is 4.98 Å². The van der Waals surface area contributed by atoms with Crippen LogP contribution in [0.25, 0.3) is 0 Å². The topological polar surface area (TPSA) is 51.4 Å². The molecule has 1 aliphatic carbocycles. The predicted octanol–water partition coefficient (Wildman–Crippen LogP) is 1.77. The zero-order valence-corrected chi connectivity index (χ0v) is 11.4. The van der Waals surface area contributed by atoms with Crippen molar-refractivity contribution >= 4 is 16.5 Å². The molecule has 0 spiro atoms. The zero-order valence-electron chi connectivity index (χ0n) is 10.6. The third-order valence-corrected chi connectivity index (χ3v) is 4.31. The first-order valence-corrected chi connectivity index (χ1v) is 6.97. The third kappa shape index (κ3) is 3.66. The maximum Gasteiger partial charge on any atom is 0.185 e. The van der Waals surface area contributed by atoms with Crippen molar-refractivity contribution in [2.45, 2.75) is 26.3 Å². The molecule has 1 aliphatic rings. The lowest BCUT2D eigenvalue weighted by Gasteiger charge is -2.15. The molecule has 0 aliphatic heterocycles. The third-order valence-electron chi connectivity index (χ3n) is 3.01. The molecule has 1 aromatic rings. The molecule has 1 aromatic heterocycles. The van der Waals surface area contributed by atoms with Gasteiger partial charge in [-0.1, -0.05) is 0 Å². The monoisotopic (exact) mass is 255 g/mol. The molecule has 17 heavy (non-hydrogen) atoms. The molecule has 96 valence electrons. The van der Waals surface area contributed by atoms with E-state index in [1.165, 1.54) is 17.7 Å². The van der Waals surface area contributed by atoms with E-state index in [0.29, 0.717) is 6.54 Å². The zero-order chi connectivity index (χ0) is 12.3. The summed E-state index contributed by atoms with van der Waals surface area (Å²) < 4.78 is 5.62. The summed E-state index contributed by atoms with van der Waals surface area (Å²) in [6.45, 7) is 5.20. The highest BCUT2D eigenvalue weighted by atomic mass is 32.1. The number of anilines is 1. The Kier molecular flexibility index (Phi) is 4.36. The van der Waals surface area contributed by atoms with Crippen LogP contribution in [0.4, 0.5) is 5.13 Å². The lowest BCUT2D eigenvalue weighted by molar-refractivity contribution is 0.131. The van der Waals surface area contributed by atoms with Crippen molar-refractivity contribution in [3.05, 3.63) is 10.6 Å². The standard InChI is InChI=1S/C12H21N3OS/c1-9-11(7-13)17-12(14-9)15(2)5-6-16-8-10-3-4-10/h10H,3-8,13H2,1-2H3. The maximum atomic E-state index is 5.65. The summed E-state index contributed by atoms with van der Waals surface area (Å²) in [5, 5.41) is 1.04. The molecule has 0 amide bonds. The van der Waals surface area contributed by atoms with Gasteiger partial charge in [-0.3, -0.25) is 0 Å². The normalized spacial score (nSPS) is 15.2. The summed E-state index contributed by atoms with van der Waals surface area (Å²) in [6, 6.07) is 0. The molecule has 0 bridgehead atoms. The Morgan fingerprint density at radius 3 is 2.88 bits per heavy atom. The maximum absolute atomic E-state index is 5.65. The van der Waals surface area contributed by atoms with Crippen molar-refractivity contribution in [3.8, 4) is 0 Å². The van der Waals surface area contributed by atoms with Gasteiger partial charge in [-0.25, -0.2) is 4.98 Å². The molecule has 1 saturated carbocycles. The van der Waals surface area contributed by atoms with Crippen LogP contribution in [0.2, 0.25) is 0 Å². The van der Waals surface area contributed by atoms with Crippen LogP contribution < -0.4 is 10.6 Å². The van der Waals surface area contributed by atoms with Crippen LogP contribution in [0.1, 0.15) is 23.4 Å². The second-order valence-electron chi connectivity index (χ2n) is 4.65. The van der Waals surface area contributed by atoms with Gasteiger partial charge >= 0.3 is 0 Å². The van der Waals surface area contributed by atoms with Crippen LogP contribution in [0, 0.1) is 12.8 Å². The summed E-state index contributed by atoms with van der Waals surface area (Å²) >= 11 is 1.68. The van der Waals surface area contributed by atoms with Gasteiger partial charge in [0.2, 0.25) is 0 Å². The minimum absolute atomic E-state index is 0.579. The number of nitrogens with zero attached hydrogens (tertiary/aromatic N) is 2. The van der Waals surface area contributed by atoms with Gasteiger partial charge < -0.3 is 15.4 Å². The van der Waals surface area contributed by atoms with E-state index in [1.54, 1.807) is 11.3 Å². The Morgan fingerprint density at radius 2 is 2.29 bits per heavy atom. The van der Waals surface area contributed by atoms with Crippen LogP contribution in [0.15, 0.2) is 0 Å². The summed E-state index contributed by atoms with van der Waals surface area (Å²) in [7, 11) is 2.05. The van der Waals surface area contributed by atoms with Gasteiger partial charge in [0.15, 0.2) is 5.13 Å². The van der Waals surface area contributed by atoms with Gasteiger partial charge in [-0.05, 0) is 25.7 Å². The summed E-state index contributed by atoms with van der Waals surface area (Å²) in [5.41, 5.74) is 6.71. The Balaban J connectivity index is 1.74. The van der Waals surface area contributed by atoms with Crippen LogP contribution in [0.3, 0.4) is 0 Å². The molecule has 2 N–H and O–H groups in total. The van der Waals surface area contributed by atoms with E-state index in [4.69, 9.17) is 10.5 Å². The van der Waals surface area contributed by atoms with Crippen LogP contribution >= 0.6 is 11.3 Å². The highest BCUT2D eigenvalue weighted by molar-refractivity contribution is 7.15. The van der Waals surface area contributed by atoms with E-state index in [9.17, 15) is 0 Å². The molecule has 5 heteroatoms. The van der Waals surface area contributed by atoms with Gasteiger partial charge in [-0.2, -0.15) is 0 Å². The van der Waals surface area contributed by atoms with E-state index in [-0.39, 0.29) is 0 Å². The van der Waals surface area contributed by atoms with E-state index < -0.39 is 0 Å². The first-order chi connectivity index (χ1) is 8.20. The largest absolute Gasteiger partial charge is 0.379 e. The second-order valence-corrected chi connectivity index (χ2v) is 5.71. The molecule has 4 nitrogen and oxygen atoms in total. The minimum atomic E-state index is 0.579. The van der Waals surface area contributed by atoms with Crippen molar-refractivity contribution in [3.63, 3.8) is 0 Å². The number of ether oxygens (including phenoxy) is 1. The second kappa shape index (κ2) is 5.80. The number of nitrogens with two attached hydrogens (primary N) is 1. The Morgan fingerprint density at radius 1 is 1.53 bits per heavy atom. The summed E-state index contributed by atoms with van der Waals surface area (Å²) in [4.78, 5) is 7.83. The molecule has 0 aromatic carbocycles. The van der Waals surface area contributed by atoms with Gasteiger partial charge in [0.05, 0.1) is 12.3 Å². The van der Waals surface area contributed by atoms with Crippen molar-refractivity contribution in [2.24, 2.45) is 11.7 Å².